The van der Waals surface area contributed by atoms with Crippen molar-refractivity contribution in [3.63, 3.8) is 0 Å². The van der Waals surface area contributed by atoms with E-state index in [0.717, 1.165) is 17.3 Å². The highest BCUT2D eigenvalue weighted by Crippen LogP contribution is 2.30. The molecule has 1 N–H and O–H groups in total. The standard InChI is InChI=1S/C22H25N3O2/c1-22(27)11-12-24(15-19(22)13-17-7-3-2-4-8-17)21(26)16-25-20-10-6-5-9-18(20)14-23-25/h2-10,14,19,27H,11-13,15-16H2,1H3/t19-,22+/m0/s1. The summed E-state index contributed by atoms with van der Waals surface area (Å²) in [6, 6.07) is 18.1. The number of nitrogens with zero attached hydrogens (tertiary/aromatic N) is 3. The van der Waals surface area contributed by atoms with Gasteiger partial charge < -0.3 is 10.0 Å². The monoisotopic (exact) mass is 363 g/mol. The summed E-state index contributed by atoms with van der Waals surface area (Å²) in [5.41, 5.74) is 1.40. The van der Waals surface area contributed by atoms with Crippen molar-refractivity contribution in [1.29, 1.82) is 0 Å². The van der Waals surface area contributed by atoms with Gasteiger partial charge in [-0.25, -0.2) is 0 Å². The van der Waals surface area contributed by atoms with Crippen LogP contribution in [0.25, 0.3) is 10.9 Å². The number of aromatic nitrogens is 2. The van der Waals surface area contributed by atoms with E-state index in [1.807, 2.05) is 54.3 Å². The molecule has 5 nitrogen and oxygen atoms in total. The summed E-state index contributed by atoms with van der Waals surface area (Å²) in [6.45, 7) is 3.27. The topological polar surface area (TPSA) is 58.4 Å². The van der Waals surface area contributed by atoms with Gasteiger partial charge in [0.25, 0.3) is 0 Å². The van der Waals surface area contributed by atoms with Crippen LogP contribution in [0.5, 0.6) is 0 Å². The van der Waals surface area contributed by atoms with E-state index < -0.39 is 5.60 Å². The molecule has 1 amide bonds. The summed E-state index contributed by atoms with van der Waals surface area (Å²) in [7, 11) is 0. The third-order valence-corrected chi connectivity index (χ3v) is 5.72. The van der Waals surface area contributed by atoms with E-state index in [2.05, 4.69) is 17.2 Å². The van der Waals surface area contributed by atoms with Crippen LogP contribution in [0.4, 0.5) is 0 Å². The molecule has 0 aliphatic carbocycles. The first-order valence-electron chi connectivity index (χ1n) is 9.47. The third kappa shape index (κ3) is 3.74. The highest BCUT2D eigenvalue weighted by Gasteiger charge is 2.38. The minimum atomic E-state index is -0.759. The molecule has 2 heterocycles. The van der Waals surface area contributed by atoms with Crippen LogP contribution in [0.2, 0.25) is 0 Å². The maximum Gasteiger partial charge on any atom is 0.244 e. The fourth-order valence-electron chi connectivity index (χ4n) is 3.91. The largest absolute Gasteiger partial charge is 0.390 e. The van der Waals surface area contributed by atoms with Gasteiger partial charge in [0.2, 0.25) is 5.91 Å². The number of likely N-dealkylation sites (tertiary alicyclic amines) is 1. The molecule has 140 valence electrons. The van der Waals surface area contributed by atoms with E-state index in [1.54, 1.807) is 10.9 Å². The highest BCUT2D eigenvalue weighted by molar-refractivity contribution is 5.82. The molecule has 0 saturated carbocycles. The Balaban J connectivity index is 1.47. The van der Waals surface area contributed by atoms with Crippen molar-refractivity contribution < 1.29 is 9.90 Å². The van der Waals surface area contributed by atoms with Crippen LogP contribution in [0.15, 0.2) is 60.8 Å². The van der Waals surface area contributed by atoms with Gasteiger partial charge in [-0.1, -0.05) is 48.5 Å². The molecule has 0 bridgehead atoms. The second-order valence-corrected chi connectivity index (χ2v) is 7.69. The molecule has 1 saturated heterocycles. The zero-order valence-electron chi connectivity index (χ0n) is 15.6. The van der Waals surface area contributed by atoms with Crippen molar-refractivity contribution in [3.8, 4) is 0 Å². The molecular weight excluding hydrogens is 338 g/mol. The fourth-order valence-corrected chi connectivity index (χ4v) is 3.91. The highest BCUT2D eigenvalue weighted by atomic mass is 16.3. The first-order valence-corrected chi connectivity index (χ1v) is 9.47. The molecule has 1 aromatic heterocycles. The fraction of sp³-hybridized carbons (Fsp3) is 0.364. The molecule has 0 spiro atoms. The Bertz CT molecular complexity index is 933. The molecule has 4 rings (SSSR count). The van der Waals surface area contributed by atoms with Crippen LogP contribution < -0.4 is 0 Å². The first kappa shape index (κ1) is 17.7. The van der Waals surface area contributed by atoms with E-state index in [4.69, 9.17) is 0 Å². The first-order chi connectivity index (χ1) is 13.0. The zero-order valence-corrected chi connectivity index (χ0v) is 15.6. The molecule has 2 atom stereocenters. The van der Waals surface area contributed by atoms with Crippen molar-refractivity contribution in [3.05, 3.63) is 66.4 Å². The van der Waals surface area contributed by atoms with Gasteiger partial charge in [-0.15, -0.1) is 0 Å². The summed E-state index contributed by atoms with van der Waals surface area (Å²) in [6.07, 6.45) is 3.15. The number of fused-ring (bicyclic) bond motifs is 1. The van der Waals surface area contributed by atoms with E-state index in [9.17, 15) is 9.90 Å². The van der Waals surface area contributed by atoms with E-state index >= 15 is 0 Å². The van der Waals surface area contributed by atoms with Crippen LogP contribution in [-0.4, -0.2) is 44.4 Å². The molecule has 27 heavy (non-hydrogen) atoms. The lowest BCUT2D eigenvalue weighted by molar-refractivity contribution is -0.139. The Kier molecular flexibility index (Phi) is 4.70. The van der Waals surface area contributed by atoms with Gasteiger partial charge in [0, 0.05) is 24.4 Å². The molecule has 5 heteroatoms. The Morgan fingerprint density at radius 2 is 1.93 bits per heavy atom. The molecule has 1 aliphatic heterocycles. The van der Waals surface area contributed by atoms with Gasteiger partial charge in [0.1, 0.15) is 6.54 Å². The average molecular weight is 363 g/mol. The van der Waals surface area contributed by atoms with Gasteiger partial charge in [-0.2, -0.15) is 5.10 Å². The van der Waals surface area contributed by atoms with E-state index in [0.29, 0.717) is 19.5 Å². The summed E-state index contributed by atoms with van der Waals surface area (Å²) < 4.78 is 1.76. The van der Waals surface area contributed by atoms with Crippen LogP contribution in [0.1, 0.15) is 18.9 Å². The summed E-state index contributed by atoms with van der Waals surface area (Å²) >= 11 is 0. The number of hydrogen-bond acceptors (Lipinski definition) is 3. The summed E-state index contributed by atoms with van der Waals surface area (Å²) in [5.74, 6) is 0.0735. The number of benzene rings is 2. The Hall–Kier alpha value is -2.66. The predicted molar refractivity (Wildman–Crippen MR) is 105 cm³/mol. The summed E-state index contributed by atoms with van der Waals surface area (Å²) in [5, 5.41) is 16.2. The van der Waals surface area contributed by atoms with Gasteiger partial charge in [-0.05, 0) is 31.4 Å². The van der Waals surface area contributed by atoms with Crippen LogP contribution in [-0.2, 0) is 17.8 Å². The Labute approximate surface area is 159 Å². The Morgan fingerprint density at radius 1 is 1.19 bits per heavy atom. The second-order valence-electron chi connectivity index (χ2n) is 7.69. The minimum Gasteiger partial charge on any atom is -0.390 e. The SMILES string of the molecule is C[C@@]1(O)CCN(C(=O)Cn2ncc3ccccc32)C[C@@H]1Cc1ccccc1. The van der Waals surface area contributed by atoms with Gasteiger partial charge in [0.15, 0.2) is 0 Å². The van der Waals surface area contributed by atoms with Crippen molar-refractivity contribution in [2.24, 2.45) is 5.92 Å². The van der Waals surface area contributed by atoms with E-state index in [-0.39, 0.29) is 18.4 Å². The van der Waals surface area contributed by atoms with E-state index in [1.165, 1.54) is 5.56 Å². The number of carbonyl (C=O) groups is 1. The van der Waals surface area contributed by atoms with Crippen LogP contribution in [0, 0.1) is 5.92 Å². The maximum absolute atomic E-state index is 12.9. The number of hydrogen-bond donors (Lipinski definition) is 1. The Morgan fingerprint density at radius 3 is 2.74 bits per heavy atom. The van der Waals surface area contributed by atoms with Crippen molar-refractivity contribution in [2.75, 3.05) is 13.1 Å². The lowest BCUT2D eigenvalue weighted by atomic mass is 9.79. The number of amides is 1. The number of para-hydroxylation sites is 1. The number of piperidine rings is 1. The molecule has 0 unspecified atom stereocenters. The quantitative estimate of drug-likeness (QED) is 0.775. The minimum absolute atomic E-state index is 0.0203. The smallest absolute Gasteiger partial charge is 0.244 e. The van der Waals surface area contributed by atoms with Crippen LogP contribution >= 0.6 is 0 Å². The van der Waals surface area contributed by atoms with Gasteiger partial charge in [-0.3, -0.25) is 9.48 Å². The van der Waals surface area contributed by atoms with Gasteiger partial charge >= 0.3 is 0 Å². The number of rotatable bonds is 4. The molecule has 1 fully saturated rings. The normalized spacial score (nSPS) is 22.9. The maximum atomic E-state index is 12.9. The lowest BCUT2D eigenvalue weighted by Crippen LogP contribution is -2.53. The van der Waals surface area contributed by atoms with Crippen molar-refractivity contribution >= 4 is 16.8 Å². The zero-order chi connectivity index (χ0) is 18.9. The molecule has 2 aromatic carbocycles. The molecular formula is C22H25N3O2. The molecule has 3 aromatic rings. The average Bonchev–Trinajstić information content (AvgIpc) is 3.07. The third-order valence-electron chi connectivity index (χ3n) is 5.72. The van der Waals surface area contributed by atoms with Crippen molar-refractivity contribution in [2.45, 2.75) is 31.9 Å². The predicted octanol–water partition coefficient (Wildman–Crippen LogP) is 2.88. The van der Waals surface area contributed by atoms with Crippen LogP contribution in [0.3, 0.4) is 0 Å². The lowest BCUT2D eigenvalue weighted by Gasteiger charge is -2.43. The number of aliphatic hydroxyl groups is 1. The molecule has 0 radical (unpaired) electrons. The number of carbonyl (C=O) groups excluding carboxylic acids is 1. The van der Waals surface area contributed by atoms with Gasteiger partial charge in [0.05, 0.1) is 17.3 Å². The summed E-state index contributed by atoms with van der Waals surface area (Å²) in [4.78, 5) is 14.8. The van der Waals surface area contributed by atoms with Crippen molar-refractivity contribution in [1.82, 2.24) is 14.7 Å². The molecule has 1 aliphatic rings. The second kappa shape index (κ2) is 7.16.